The Morgan fingerprint density at radius 1 is 1.58 bits per heavy atom. The van der Waals surface area contributed by atoms with Gasteiger partial charge in [-0.25, -0.2) is 0 Å². The van der Waals surface area contributed by atoms with E-state index in [9.17, 15) is 9.90 Å². The summed E-state index contributed by atoms with van der Waals surface area (Å²) < 4.78 is 10.7. The molecule has 1 aromatic heterocycles. The van der Waals surface area contributed by atoms with Gasteiger partial charge in [0.25, 0.3) is 0 Å². The SMILES string of the molecule is COc1cc(C(CN)C(=O)O)c(Cl)c2cc(C)oc12. The van der Waals surface area contributed by atoms with Crippen LogP contribution in [0, 0.1) is 6.92 Å². The van der Waals surface area contributed by atoms with Crippen molar-refractivity contribution in [3.63, 3.8) is 0 Å². The highest BCUT2D eigenvalue weighted by Gasteiger charge is 2.25. The van der Waals surface area contributed by atoms with Crippen LogP contribution < -0.4 is 10.5 Å². The standard InChI is InChI=1S/C13H14ClNO4/c1-6-3-8-11(14)7(9(5-15)13(16)17)4-10(18-2)12(8)19-6/h3-4,9H,5,15H2,1-2H3,(H,16,17). The largest absolute Gasteiger partial charge is 0.493 e. The van der Waals surface area contributed by atoms with Crippen LogP contribution in [0.4, 0.5) is 0 Å². The molecule has 0 aliphatic heterocycles. The number of carboxylic acid groups (broad SMARTS) is 1. The molecule has 0 aliphatic rings. The van der Waals surface area contributed by atoms with Crippen LogP contribution in [-0.4, -0.2) is 24.7 Å². The maximum atomic E-state index is 11.2. The zero-order valence-electron chi connectivity index (χ0n) is 10.6. The van der Waals surface area contributed by atoms with E-state index in [-0.39, 0.29) is 6.54 Å². The number of ether oxygens (including phenoxy) is 1. The van der Waals surface area contributed by atoms with Gasteiger partial charge in [-0.15, -0.1) is 0 Å². The number of furan rings is 1. The normalized spacial score (nSPS) is 12.6. The van der Waals surface area contributed by atoms with Gasteiger partial charge in [-0.2, -0.15) is 0 Å². The summed E-state index contributed by atoms with van der Waals surface area (Å²) in [5.74, 6) is -0.777. The van der Waals surface area contributed by atoms with Crippen LogP contribution in [0.5, 0.6) is 5.75 Å². The van der Waals surface area contributed by atoms with E-state index in [1.165, 1.54) is 7.11 Å². The third kappa shape index (κ3) is 2.27. The smallest absolute Gasteiger partial charge is 0.312 e. The zero-order chi connectivity index (χ0) is 14.2. The lowest BCUT2D eigenvalue weighted by Gasteiger charge is -2.14. The highest BCUT2D eigenvalue weighted by Crippen LogP contribution is 2.39. The second kappa shape index (κ2) is 5.11. The van der Waals surface area contributed by atoms with Gasteiger partial charge in [-0.1, -0.05) is 11.6 Å². The number of carbonyl (C=O) groups is 1. The number of hydrogen-bond acceptors (Lipinski definition) is 4. The number of aliphatic carboxylic acids is 1. The Morgan fingerprint density at radius 2 is 2.26 bits per heavy atom. The minimum atomic E-state index is -1.02. The molecule has 0 aliphatic carbocycles. The average Bonchev–Trinajstić information content (AvgIpc) is 2.75. The first-order valence-corrected chi connectivity index (χ1v) is 6.06. The molecule has 0 fully saturated rings. The van der Waals surface area contributed by atoms with E-state index in [0.717, 1.165) is 0 Å². The molecule has 0 radical (unpaired) electrons. The summed E-state index contributed by atoms with van der Waals surface area (Å²) in [7, 11) is 1.49. The van der Waals surface area contributed by atoms with Crippen molar-refractivity contribution in [1.82, 2.24) is 0 Å². The lowest BCUT2D eigenvalue weighted by atomic mass is 9.97. The van der Waals surface area contributed by atoms with E-state index in [2.05, 4.69) is 0 Å². The Bertz CT molecular complexity index is 635. The van der Waals surface area contributed by atoms with Gasteiger partial charge in [-0.05, 0) is 24.6 Å². The lowest BCUT2D eigenvalue weighted by molar-refractivity contribution is -0.138. The number of aryl methyl sites for hydroxylation is 1. The molecule has 102 valence electrons. The third-order valence-electron chi connectivity index (χ3n) is 2.98. The van der Waals surface area contributed by atoms with Crippen LogP contribution in [-0.2, 0) is 4.79 Å². The van der Waals surface area contributed by atoms with Crippen molar-refractivity contribution in [3.05, 3.63) is 28.5 Å². The van der Waals surface area contributed by atoms with Crippen LogP contribution in [0.15, 0.2) is 16.5 Å². The van der Waals surface area contributed by atoms with Gasteiger partial charge < -0.3 is 20.0 Å². The van der Waals surface area contributed by atoms with E-state index in [4.69, 9.17) is 26.5 Å². The Morgan fingerprint density at radius 3 is 2.79 bits per heavy atom. The van der Waals surface area contributed by atoms with Crippen LogP contribution in [0.2, 0.25) is 5.02 Å². The molecular formula is C13H14ClNO4. The van der Waals surface area contributed by atoms with Crippen LogP contribution in [0.1, 0.15) is 17.2 Å². The van der Waals surface area contributed by atoms with E-state index in [0.29, 0.717) is 33.1 Å². The summed E-state index contributed by atoms with van der Waals surface area (Å²) in [4.78, 5) is 11.2. The summed E-state index contributed by atoms with van der Waals surface area (Å²) in [6.45, 7) is 1.74. The summed E-state index contributed by atoms with van der Waals surface area (Å²) in [5, 5.41) is 10.2. The van der Waals surface area contributed by atoms with Gasteiger partial charge in [0.05, 0.1) is 18.1 Å². The number of carboxylic acids is 1. The minimum Gasteiger partial charge on any atom is -0.493 e. The first-order valence-electron chi connectivity index (χ1n) is 5.69. The molecule has 5 nitrogen and oxygen atoms in total. The number of benzene rings is 1. The summed E-state index contributed by atoms with van der Waals surface area (Å²) >= 11 is 6.27. The quantitative estimate of drug-likeness (QED) is 0.900. The van der Waals surface area contributed by atoms with Gasteiger partial charge in [-0.3, -0.25) is 4.79 Å². The number of hydrogen-bond donors (Lipinski definition) is 2. The van der Waals surface area contributed by atoms with E-state index < -0.39 is 11.9 Å². The number of halogens is 1. The average molecular weight is 284 g/mol. The lowest BCUT2D eigenvalue weighted by Crippen LogP contribution is -2.21. The Hall–Kier alpha value is -1.72. The van der Waals surface area contributed by atoms with Gasteiger partial charge >= 0.3 is 5.97 Å². The second-order valence-electron chi connectivity index (χ2n) is 4.21. The van der Waals surface area contributed by atoms with Crippen LogP contribution in [0.3, 0.4) is 0 Å². The van der Waals surface area contributed by atoms with Crippen molar-refractivity contribution in [2.45, 2.75) is 12.8 Å². The third-order valence-corrected chi connectivity index (χ3v) is 3.41. The summed E-state index contributed by atoms with van der Waals surface area (Å²) in [6.07, 6.45) is 0. The van der Waals surface area contributed by atoms with Crippen molar-refractivity contribution in [2.24, 2.45) is 5.73 Å². The van der Waals surface area contributed by atoms with Gasteiger partial charge in [0.15, 0.2) is 11.3 Å². The molecule has 19 heavy (non-hydrogen) atoms. The molecule has 0 saturated carbocycles. The maximum absolute atomic E-state index is 11.2. The predicted molar refractivity (Wildman–Crippen MR) is 71.9 cm³/mol. The van der Waals surface area contributed by atoms with E-state index >= 15 is 0 Å². The first kappa shape index (κ1) is 13.7. The topological polar surface area (TPSA) is 85.7 Å². The predicted octanol–water partition coefficient (Wildman–Crippen LogP) is 2.53. The molecule has 2 rings (SSSR count). The molecule has 1 heterocycles. The van der Waals surface area contributed by atoms with E-state index in [1.807, 2.05) is 0 Å². The molecule has 0 bridgehead atoms. The Kier molecular flexibility index (Phi) is 3.68. The first-order chi connectivity index (χ1) is 8.99. The number of nitrogens with two attached hydrogens (primary N) is 1. The fourth-order valence-corrected chi connectivity index (χ4v) is 2.38. The number of rotatable bonds is 4. The van der Waals surface area contributed by atoms with Crippen LogP contribution in [0.25, 0.3) is 11.0 Å². The molecule has 0 saturated heterocycles. The van der Waals surface area contributed by atoms with Crippen LogP contribution >= 0.6 is 11.6 Å². The maximum Gasteiger partial charge on any atom is 0.312 e. The van der Waals surface area contributed by atoms with Gasteiger partial charge in [0.1, 0.15) is 5.76 Å². The molecule has 0 spiro atoms. The monoisotopic (exact) mass is 283 g/mol. The van der Waals surface area contributed by atoms with Crippen molar-refractivity contribution in [2.75, 3.05) is 13.7 Å². The second-order valence-corrected chi connectivity index (χ2v) is 4.59. The highest BCUT2D eigenvalue weighted by atomic mass is 35.5. The highest BCUT2D eigenvalue weighted by molar-refractivity contribution is 6.36. The molecule has 3 N–H and O–H groups in total. The zero-order valence-corrected chi connectivity index (χ0v) is 11.3. The summed E-state index contributed by atoms with van der Waals surface area (Å²) in [5.41, 5.74) is 6.45. The van der Waals surface area contributed by atoms with Crippen molar-refractivity contribution in [1.29, 1.82) is 0 Å². The summed E-state index contributed by atoms with van der Waals surface area (Å²) in [6, 6.07) is 3.32. The fraction of sp³-hybridized carbons (Fsp3) is 0.308. The van der Waals surface area contributed by atoms with Crippen molar-refractivity contribution < 1.29 is 19.1 Å². The molecule has 0 amide bonds. The minimum absolute atomic E-state index is 0.0411. The van der Waals surface area contributed by atoms with E-state index in [1.54, 1.807) is 19.1 Å². The molecule has 2 aromatic rings. The van der Waals surface area contributed by atoms with Gasteiger partial charge in [0, 0.05) is 11.9 Å². The van der Waals surface area contributed by atoms with Crippen molar-refractivity contribution >= 4 is 28.5 Å². The Balaban J connectivity index is 2.74. The van der Waals surface area contributed by atoms with Crippen molar-refractivity contribution in [3.8, 4) is 5.75 Å². The van der Waals surface area contributed by atoms with Gasteiger partial charge in [0.2, 0.25) is 0 Å². The molecule has 6 heteroatoms. The molecule has 1 atom stereocenters. The molecule has 1 aromatic carbocycles. The fourth-order valence-electron chi connectivity index (χ4n) is 2.05. The number of methoxy groups -OCH3 is 1. The molecular weight excluding hydrogens is 270 g/mol. The number of fused-ring (bicyclic) bond motifs is 1. The molecule has 1 unspecified atom stereocenters. The Labute approximate surface area is 114 Å².